The number of aromatic nitrogens is 3. The van der Waals surface area contributed by atoms with Crippen LogP contribution < -0.4 is 14.2 Å². The van der Waals surface area contributed by atoms with Gasteiger partial charge in [0.1, 0.15) is 0 Å². The van der Waals surface area contributed by atoms with Crippen LogP contribution in [0.25, 0.3) is 17.0 Å². The largest absolute Gasteiger partial charge is 0.493 e. The van der Waals surface area contributed by atoms with E-state index >= 15 is 0 Å². The molecule has 2 aromatic heterocycles. The molecule has 0 radical (unpaired) electrons. The lowest BCUT2D eigenvalue weighted by atomic mass is 10.1. The van der Waals surface area contributed by atoms with Crippen molar-refractivity contribution in [1.82, 2.24) is 14.6 Å². The van der Waals surface area contributed by atoms with E-state index in [2.05, 4.69) is 10.2 Å². The highest BCUT2D eigenvalue weighted by Gasteiger charge is 2.18. The van der Waals surface area contributed by atoms with Crippen LogP contribution in [0.4, 0.5) is 5.69 Å². The summed E-state index contributed by atoms with van der Waals surface area (Å²) in [6, 6.07) is 6.21. The topological polar surface area (TPSA) is 101 Å². The lowest BCUT2D eigenvalue weighted by Crippen LogP contribution is -1.97. The van der Waals surface area contributed by atoms with Crippen LogP contribution in [0.3, 0.4) is 0 Å². The van der Waals surface area contributed by atoms with Gasteiger partial charge in [0.2, 0.25) is 5.75 Å². The third-order valence-electron chi connectivity index (χ3n) is 3.53. The Kier molecular flexibility index (Phi) is 3.90. The lowest BCUT2D eigenvalue weighted by Gasteiger charge is -2.13. The van der Waals surface area contributed by atoms with Gasteiger partial charge in [0, 0.05) is 17.8 Å². The van der Waals surface area contributed by atoms with Gasteiger partial charge in [-0.1, -0.05) is 0 Å². The first kappa shape index (κ1) is 15.5. The fourth-order valence-corrected chi connectivity index (χ4v) is 2.40. The van der Waals surface area contributed by atoms with E-state index in [1.807, 2.05) is 0 Å². The molecule has 124 valence electrons. The van der Waals surface area contributed by atoms with Gasteiger partial charge in [-0.05, 0) is 12.1 Å². The van der Waals surface area contributed by atoms with Crippen LogP contribution in [-0.4, -0.2) is 40.9 Å². The maximum Gasteiger partial charge on any atom is 0.274 e. The average molecular weight is 330 g/mol. The predicted molar refractivity (Wildman–Crippen MR) is 84.7 cm³/mol. The van der Waals surface area contributed by atoms with E-state index in [0.29, 0.717) is 34.3 Å². The number of hydrogen-bond donors (Lipinski definition) is 0. The molecular formula is C15H14N4O5. The highest BCUT2D eigenvalue weighted by molar-refractivity contribution is 5.68. The van der Waals surface area contributed by atoms with Crippen LogP contribution in [0.2, 0.25) is 0 Å². The van der Waals surface area contributed by atoms with E-state index in [-0.39, 0.29) is 5.69 Å². The van der Waals surface area contributed by atoms with Crippen molar-refractivity contribution in [3.05, 3.63) is 40.6 Å². The summed E-state index contributed by atoms with van der Waals surface area (Å²) in [5, 5.41) is 19.0. The van der Waals surface area contributed by atoms with E-state index in [4.69, 9.17) is 14.2 Å². The third kappa shape index (κ3) is 2.45. The monoisotopic (exact) mass is 330 g/mol. The molecule has 9 heteroatoms. The van der Waals surface area contributed by atoms with Crippen LogP contribution in [0, 0.1) is 10.1 Å². The first-order valence-corrected chi connectivity index (χ1v) is 6.88. The Morgan fingerprint density at radius 2 is 1.71 bits per heavy atom. The smallest absolute Gasteiger partial charge is 0.274 e. The molecule has 9 nitrogen and oxygen atoms in total. The summed E-state index contributed by atoms with van der Waals surface area (Å²) >= 11 is 0. The van der Waals surface area contributed by atoms with Gasteiger partial charge in [-0.15, -0.1) is 10.2 Å². The maximum atomic E-state index is 10.9. The summed E-state index contributed by atoms with van der Waals surface area (Å²) in [4.78, 5) is 10.4. The predicted octanol–water partition coefficient (Wildman–Crippen LogP) is 2.33. The van der Waals surface area contributed by atoms with Crippen LogP contribution in [0.5, 0.6) is 17.2 Å². The van der Waals surface area contributed by atoms with Gasteiger partial charge in [-0.3, -0.25) is 14.5 Å². The Balaban J connectivity index is 2.18. The summed E-state index contributed by atoms with van der Waals surface area (Å²) in [6.07, 6.45) is 1.55. The Bertz CT molecular complexity index is 896. The maximum absolute atomic E-state index is 10.9. The molecule has 0 spiro atoms. The second-order valence-electron chi connectivity index (χ2n) is 4.81. The number of methoxy groups -OCH3 is 3. The number of fused-ring (bicyclic) bond motifs is 1. The highest BCUT2D eigenvalue weighted by Crippen LogP contribution is 2.40. The number of pyridine rings is 1. The summed E-state index contributed by atoms with van der Waals surface area (Å²) in [7, 11) is 4.56. The van der Waals surface area contributed by atoms with Gasteiger partial charge in [-0.2, -0.15) is 0 Å². The normalized spacial score (nSPS) is 10.6. The second kappa shape index (κ2) is 6.03. The SMILES string of the molecule is COc1cc(-c2nnc3cc([N+](=O)[O-])ccn23)cc(OC)c1OC. The van der Waals surface area contributed by atoms with E-state index in [1.54, 1.807) is 22.7 Å². The zero-order valence-corrected chi connectivity index (χ0v) is 13.2. The van der Waals surface area contributed by atoms with Gasteiger partial charge in [0.15, 0.2) is 23.0 Å². The average Bonchev–Trinajstić information content (AvgIpc) is 3.03. The first-order valence-electron chi connectivity index (χ1n) is 6.88. The van der Waals surface area contributed by atoms with Crippen LogP contribution in [0.1, 0.15) is 0 Å². The van der Waals surface area contributed by atoms with Crippen molar-refractivity contribution >= 4 is 11.3 Å². The number of ether oxygens (including phenoxy) is 3. The molecule has 0 aliphatic rings. The molecule has 2 heterocycles. The standard InChI is InChI=1S/C15H14N4O5/c1-22-11-6-9(7-12(23-2)14(11)24-3)15-17-16-13-8-10(19(20)21)4-5-18(13)15/h4-8H,1-3H3. The van der Waals surface area contributed by atoms with Gasteiger partial charge >= 0.3 is 0 Å². The molecule has 0 aliphatic heterocycles. The Morgan fingerprint density at radius 3 is 2.25 bits per heavy atom. The fraction of sp³-hybridized carbons (Fsp3) is 0.200. The molecule has 1 aromatic carbocycles. The third-order valence-corrected chi connectivity index (χ3v) is 3.53. The number of benzene rings is 1. The van der Waals surface area contributed by atoms with Gasteiger partial charge in [0.05, 0.1) is 32.3 Å². The van der Waals surface area contributed by atoms with Crippen LogP contribution >= 0.6 is 0 Å². The molecule has 24 heavy (non-hydrogen) atoms. The first-order chi connectivity index (χ1) is 11.6. The van der Waals surface area contributed by atoms with Crippen molar-refractivity contribution in [2.24, 2.45) is 0 Å². The molecular weight excluding hydrogens is 316 g/mol. The van der Waals surface area contributed by atoms with Crippen molar-refractivity contribution in [2.45, 2.75) is 0 Å². The molecule has 0 unspecified atom stereocenters. The fourth-order valence-electron chi connectivity index (χ4n) is 2.40. The quantitative estimate of drug-likeness (QED) is 0.522. The van der Waals surface area contributed by atoms with Crippen molar-refractivity contribution in [1.29, 1.82) is 0 Å². The van der Waals surface area contributed by atoms with Crippen molar-refractivity contribution in [3.8, 4) is 28.6 Å². The molecule has 3 aromatic rings. The number of rotatable bonds is 5. The minimum absolute atomic E-state index is 0.0497. The van der Waals surface area contributed by atoms with E-state index < -0.39 is 4.92 Å². The molecule has 0 fully saturated rings. The Labute approximate surface area is 136 Å². The van der Waals surface area contributed by atoms with Crippen molar-refractivity contribution in [3.63, 3.8) is 0 Å². The zero-order chi connectivity index (χ0) is 17.3. The van der Waals surface area contributed by atoms with E-state index in [0.717, 1.165) is 0 Å². The molecule has 0 saturated heterocycles. The summed E-state index contributed by atoms with van der Waals surface area (Å²) in [5.74, 6) is 1.92. The lowest BCUT2D eigenvalue weighted by molar-refractivity contribution is -0.384. The highest BCUT2D eigenvalue weighted by atomic mass is 16.6. The zero-order valence-electron chi connectivity index (χ0n) is 13.2. The van der Waals surface area contributed by atoms with E-state index in [9.17, 15) is 10.1 Å². The molecule has 3 rings (SSSR count). The molecule has 0 saturated carbocycles. The van der Waals surface area contributed by atoms with Gasteiger partial charge in [-0.25, -0.2) is 0 Å². The number of nitro groups is 1. The van der Waals surface area contributed by atoms with Crippen LogP contribution in [-0.2, 0) is 0 Å². The van der Waals surface area contributed by atoms with Crippen molar-refractivity contribution < 1.29 is 19.1 Å². The van der Waals surface area contributed by atoms with Gasteiger partial charge < -0.3 is 14.2 Å². The van der Waals surface area contributed by atoms with E-state index in [1.165, 1.54) is 33.5 Å². The van der Waals surface area contributed by atoms with Crippen LogP contribution in [0.15, 0.2) is 30.5 Å². The minimum atomic E-state index is -0.478. The summed E-state index contributed by atoms with van der Waals surface area (Å²) < 4.78 is 17.6. The van der Waals surface area contributed by atoms with Crippen molar-refractivity contribution in [2.75, 3.05) is 21.3 Å². The van der Waals surface area contributed by atoms with Gasteiger partial charge in [0.25, 0.3) is 5.69 Å². The molecule has 0 atom stereocenters. The summed E-state index contributed by atoms with van der Waals surface area (Å²) in [6.45, 7) is 0. The minimum Gasteiger partial charge on any atom is -0.493 e. The summed E-state index contributed by atoms with van der Waals surface area (Å²) in [5.41, 5.74) is 0.991. The molecule has 0 bridgehead atoms. The Hall–Kier alpha value is -3.36. The molecule has 0 N–H and O–H groups in total. The number of nitrogens with zero attached hydrogens (tertiary/aromatic N) is 4. The second-order valence-corrected chi connectivity index (χ2v) is 4.81. The molecule has 0 amide bonds. The number of hydrogen-bond acceptors (Lipinski definition) is 7. The Morgan fingerprint density at radius 1 is 1.04 bits per heavy atom. The molecule has 0 aliphatic carbocycles.